The smallest absolute Gasteiger partial charge is 0.321 e. The van der Waals surface area contributed by atoms with Crippen molar-refractivity contribution < 1.29 is 9.59 Å². The molecule has 160 valence electrons. The minimum Gasteiger partial charge on any atom is -0.358 e. The summed E-state index contributed by atoms with van der Waals surface area (Å²) < 4.78 is 0. The number of carbonyl (C=O) groups is 2. The lowest BCUT2D eigenvalue weighted by molar-refractivity contribution is 0.0672. The lowest BCUT2D eigenvalue weighted by Crippen LogP contribution is -2.51. The van der Waals surface area contributed by atoms with Crippen molar-refractivity contribution in [2.24, 2.45) is 0 Å². The average Bonchev–Trinajstić information content (AvgIpc) is 3.16. The summed E-state index contributed by atoms with van der Waals surface area (Å²) in [7, 11) is 0. The first-order valence-corrected chi connectivity index (χ1v) is 11.1. The van der Waals surface area contributed by atoms with Crippen LogP contribution >= 0.6 is 0 Å². The second-order valence-corrected chi connectivity index (χ2v) is 8.63. The molecule has 2 aliphatic rings. The average molecular weight is 417 g/mol. The lowest BCUT2D eigenvalue weighted by Gasteiger charge is -2.34. The third kappa shape index (κ3) is 3.90. The molecule has 1 saturated heterocycles. The molecule has 0 atom stereocenters. The molecule has 2 heterocycles. The van der Waals surface area contributed by atoms with E-state index in [9.17, 15) is 9.59 Å². The molecule has 2 N–H and O–H groups in total. The van der Waals surface area contributed by atoms with Gasteiger partial charge in [0.15, 0.2) is 0 Å². The summed E-state index contributed by atoms with van der Waals surface area (Å²) in [5, 5.41) is 4.15. The van der Waals surface area contributed by atoms with Crippen molar-refractivity contribution in [1.82, 2.24) is 14.8 Å². The first-order chi connectivity index (χ1) is 15.1. The first kappa shape index (κ1) is 19.7. The van der Waals surface area contributed by atoms with Crippen LogP contribution in [0.3, 0.4) is 0 Å². The first-order valence-electron chi connectivity index (χ1n) is 11.1. The highest BCUT2D eigenvalue weighted by Crippen LogP contribution is 2.30. The highest BCUT2D eigenvalue weighted by Gasteiger charge is 2.25. The van der Waals surface area contributed by atoms with Gasteiger partial charge >= 0.3 is 6.03 Å². The third-order valence-electron chi connectivity index (χ3n) is 6.47. The standard InChI is InChI=1S/C25H28N4O2/c1-17-5-4-6-19(15-17)26-25(31)29-13-11-28(12-14-29)24(30)18-9-10-23-21(16-18)20-7-2-3-8-22(20)27-23/h4-6,9-10,15-16,27H,2-3,7-8,11-14H2,1H3,(H,26,31). The normalized spacial score (nSPS) is 16.3. The van der Waals surface area contributed by atoms with Crippen molar-refractivity contribution in [3.05, 3.63) is 64.8 Å². The number of amides is 3. The van der Waals surface area contributed by atoms with E-state index in [-0.39, 0.29) is 11.9 Å². The number of fused-ring (bicyclic) bond motifs is 3. The molecule has 31 heavy (non-hydrogen) atoms. The van der Waals surface area contributed by atoms with E-state index in [1.165, 1.54) is 29.5 Å². The number of hydrogen-bond acceptors (Lipinski definition) is 2. The van der Waals surface area contributed by atoms with Gasteiger partial charge in [-0.2, -0.15) is 0 Å². The van der Waals surface area contributed by atoms with Crippen molar-refractivity contribution in [2.45, 2.75) is 32.6 Å². The number of urea groups is 1. The van der Waals surface area contributed by atoms with Crippen molar-refractivity contribution in [3.63, 3.8) is 0 Å². The number of nitrogens with zero attached hydrogens (tertiary/aromatic N) is 2. The maximum absolute atomic E-state index is 13.1. The zero-order valence-corrected chi connectivity index (χ0v) is 17.9. The minimum atomic E-state index is -0.113. The number of anilines is 1. The third-order valence-corrected chi connectivity index (χ3v) is 6.47. The topological polar surface area (TPSA) is 68.4 Å². The summed E-state index contributed by atoms with van der Waals surface area (Å²) in [4.78, 5) is 32.9. The lowest BCUT2D eigenvalue weighted by atomic mass is 9.95. The van der Waals surface area contributed by atoms with Gasteiger partial charge in [-0.25, -0.2) is 4.79 Å². The van der Waals surface area contributed by atoms with Gasteiger partial charge in [0, 0.05) is 54.0 Å². The van der Waals surface area contributed by atoms with Gasteiger partial charge < -0.3 is 20.1 Å². The minimum absolute atomic E-state index is 0.0476. The summed E-state index contributed by atoms with van der Waals surface area (Å²) in [6.07, 6.45) is 4.62. The highest BCUT2D eigenvalue weighted by atomic mass is 16.2. The van der Waals surface area contributed by atoms with Gasteiger partial charge in [0.1, 0.15) is 0 Å². The second kappa shape index (κ2) is 8.10. The molecule has 2 aromatic carbocycles. The monoisotopic (exact) mass is 416 g/mol. The molecule has 6 heteroatoms. The Morgan fingerprint density at radius 2 is 1.71 bits per heavy atom. The van der Waals surface area contributed by atoms with Gasteiger partial charge in [-0.15, -0.1) is 0 Å². The van der Waals surface area contributed by atoms with Crippen LogP contribution in [0.15, 0.2) is 42.5 Å². The van der Waals surface area contributed by atoms with Crippen LogP contribution in [-0.4, -0.2) is 52.9 Å². The Labute approximate surface area is 182 Å². The van der Waals surface area contributed by atoms with Gasteiger partial charge in [-0.05, 0) is 74.1 Å². The molecule has 0 bridgehead atoms. The number of H-pyrrole nitrogens is 1. The van der Waals surface area contributed by atoms with E-state index in [2.05, 4.69) is 16.4 Å². The summed E-state index contributed by atoms with van der Waals surface area (Å²) in [6.45, 7) is 4.16. The summed E-state index contributed by atoms with van der Waals surface area (Å²) in [5.41, 5.74) is 6.48. The molecule has 1 aromatic heterocycles. The van der Waals surface area contributed by atoms with Gasteiger partial charge in [0.05, 0.1) is 0 Å². The number of carbonyl (C=O) groups excluding carboxylic acids is 2. The van der Waals surface area contributed by atoms with E-state index < -0.39 is 0 Å². The summed E-state index contributed by atoms with van der Waals surface area (Å²) in [6, 6.07) is 13.7. The van der Waals surface area contributed by atoms with Crippen molar-refractivity contribution in [1.29, 1.82) is 0 Å². The number of aromatic amines is 1. The molecule has 1 aliphatic heterocycles. The number of piperazine rings is 1. The Hall–Kier alpha value is -3.28. The Balaban J connectivity index is 1.24. The molecule has 3 amide bonds. The maximum Gasteiger partial charge on any atom is 0.321 e. The molecule has 0 spiro atoms. The van der Waals surface area contributed by atoms with E-state index in [1.54, 1.807) is 4.90 Å². The molecule has 0 radical (unpaired) electrons. The summed E-state index contributed by atoms with van der Waals surface area (Å²) >= 11 is 0. The van der Waals surface area contributed by atoms with Crippen molar-refractivity contribution in [2.75, 3.05) is 31.5 Å². The fraction of sp³-hybridized carbons (Fsp3) is 0.360. The SMILES string of the molecule is Cc1cccc(NC(=O)N2CCN(C(=O)c3ccc4[nH]c5c(c4c3)CCCC5)CC2)c1. The van der Waals surface area contributed by atoms with E-state index >= 15 is 0 Å². The van der Waals surface area contributed by atoms with Crippen LogP contribution in [0.2, 0.25) is 0 Å². The van der Waals surface area contributed by atoms with E-state index in [4.69, 9.17) is 0 Å². The number of nitrogens with one attached hydrogen (secondary N) is 2. The van der Waals surface area contributed by atoms with Crippen LogP contribution in [0.4, 0.5) is 10.5 Å². The summed E-state index contributed by atoms with van der Waals surface area (Å²) in [5.74, 6) is 0.0476. The zero-order chi connectivity index (χ0) is 21.4. The van der Waals surface area contributed by atoms with Gasteiger partial charge in [0.2, 0.25) is 0 Å². The molecule has 0 saturated carbocycles. The van der Waals surface area contributed by atoms with Crippen LogP contribution in [0.25, 0.3) is 10.9 Å². The largest absolute Gasteiger partial charge is 0.358 e. The van der Waals surface area contributed by atoms with Crippen LogP contribution in [0.1, 0.15) is 40.0 Å². The van der Waals surface area contributed by atoms with Crippen LogP contribution in [0, 0.1) is 6.92 Å². The second-order valence-electron chi connectivity index (χ2n) is 8.63. The van der Waals surface area contributed by atoms with Crippen LogP contribution in [0.5, 0.6) is 0 Å². The molecular weight excluding hydrogens is 388 g/mol. The Morgan fingerprint density at radius 3 is 2.52 bits per heavy atom. The predicted molar refractivity (Wildman–Crippen MR) is 123 cm³/mol. The maximum atomic E-state index is 13.1. The van der Waals surface area contributed by atoms with E-state index in [0.29, 0.717) is 26.2 Å². The molecule has 5 rings (SSSR count). The molecular formula is C25H28N4O2. The Morgan fingerprint density at radius 1 is 0.935 bits per heavy atom. The molecule has 6 nitrogen and oxygen atoms in total. The molecule has 3 aromatic rings. The van der Waals surface area contributed by atoms with Gasteiger partial charge in [0.25, 0.3) is 5.91 Å². The van der Waals surface area contributed by atoms with E-state index in [1.807, 2.05) is 48.2 Å². The highest BCUT2D eigenvalue weighted by molar-refractivity contribution is 5.99. The van der Waals surface area contributed by atoms with Crippen LogP contribution in [-0.2, 0) is 12.8 Å². The number of aromatic nitrogens is 1. The molecule has 1 fully saturated rings. The Bertz CT molecular complexity index is 1140. The number of rotatable bonds is 2. The fourth-order valence-corrected chi connectivity index (χ4v) is 4.76. The Kier molecular flexibility index (Phi) is 5.14. The molecule has 1 aliphatic carbocycles. The predicted octanol–water partition coefficient (Wildman–Crippen LogP) is 4.35. The number of hydrogen-bond donors (Lipinski definition) is 2. The van der Waals surface area contributed by atoms with Gasteiger partial charge in [-0.1, -0.05) is 12.1 Å². The number of aryl methyl sites for hydroxylation is 3. The molecule has 0 unspecified atom stereocenters. The van der Waals surface area contributed by atoms with Crippen molar-refractivity contribution >= 4 is 28.5 Å². The quantitative estimate of drug-likeness (QED) is 0.652. The van der Waals surface area contributed by atoms with Gasteiger partial charge in [-0.3, -0.25) is 4.79 Å². The fourth-order valence-electron chi connectivity index (χ4n) is 4.76. The van der Waals surface area contributed by atoms with Crippen molar-refractivity contribution in [3.8, 4) is 0 Å². The zero-order valence-electron chi connectivity index (χ0n) is 17.9. The van der Waals surface area contributed by atoms with Crippen LogP contribution < -0.4 is 5.32 Å². The number of benzene rings is 2. The van der Waals surface area contributed by atoms with E-state index in [0.717, 1.165) is 35.2 Å².